The van der Waals surface area contributed by atoms with Crippen molar-refractivity contribution in [3.05, 3.63) is 0 Å². The highest BCUT2D eigenvalue weighted by molar-refractivity contribution is 5.84. The zero-order chi connectivity index (χ0) is 14.0. The summed E-state index contributed by atoms with van der Waals surface area (Å²) in [7, 11) is 0. The number of likely N-dealkylation sites (tertiary alicyclic amines) is 1. The Morgan fingerprint density at radius 3 is 2.53 bits per heavy atom. The predicted octanol–water partition coefficient (Wildman–Crippen LogP) is 0.482. The van der Waals surface area contributed by atoms with E-state index >= 15 is 0 Å². The number of nitrogens with zero attached hydrogens (tertiary/aromatic N) is 1. The first-order valence-electron chi connectivity index (χ1n) is 7.39. The van der Waals surface area contributed by atoms with Crippen LogP contribution in [0.15, 0.2) is 0 Å². The van der Waals surface area contributed by atoms with Crippen molar-refractivity contribution in [2.75, 3.05) is 19.6 Å². The number of carbonyl (C=O) groups is 1. The molecule has 0 saturated carbocycles. The molecule has 2 heterocycles. The lowest BCUT2D eigenvalue weighted by Crippen LogP contribution is -2.57. The molecule has 0 aromatic rings. The van der Waals surface area contributed by atoms with Crippen LogP contribution in [0.3, 0.4) is 0 Å². The highest BCUT2D eigenvalue weighted by Crippen LogP contribution is 2.29. The molecule has 2 bridgehead atoms. The number of hydrogen-bond donors (Lipinski definition) is 2. The monoisotopic (exact) mass is 269 g/mol. The SMILES string of the molecule is CCNC(C)(CC(C)N1CC2CCC(C1)O2)C(N)=O. The van der Waals surface area contributed by atoms with Crippen molar-refractivity contribution in [1.29, 1.82) is 0 Å². The first-order valence-corrected chi connectivity index (χ1v) is 7.39. The molecule has 2 aliphatic heterocycles. The molecule has 2 aliphatic rings. The maximum absolute atomic E-state index is 11.7. The topological polar surface area (TPSA) is 67.6 Å². The van der Waals surface area contributed by atoms with E-state index in [2.05, 4.69) is 17.1 Å². The smallest absolute Gasteiger partial charge is 0.237 e. The van der Waals surface area contributed by atoms with Gasteiger partial charge in [-0.2, -0.15) is 0 Å². The maximum Gasteiger partial charge on any atom is 0.237 e. The van der Waals surface area contributed by atoms with Crippen molar-refractivity contribution in [2.45, 2.75) is 63.8 Å². The van der Waals surface area contributed by atoms with Gasteiger partial charge in [-0.1, -0.05) is 6.92 Å². The van der Waals surface area contributed by atoms with Crippen LogP contribution in [0.1, 0.15) is 40.0 Å². The largest absolute Gasteiger partial charge is 0.372 e. The Morgan fingerprint density at radius 2 is 2.05 bits per heavy atom. The summed E-state index contributed by atoms with van der Waals surface area (Å²) in [6.07, 6.45) is 3.87. The Kier molecular flexibility index (Phi) is 4.48. The van der Waals surface area contributed by atoms with Crippen LogP contribution in [0.4, 0.5) is 0 Å². The molecule has 5 heteroatoms. The van der Waals surface area contributed by atoms with Gasteiger partial charge in [0.05, 0.1) is 17.7 Å². The van der Waals surface area contributed by atoms with E-state index in [4.69, 9.17) is 10.5 Å². The summed E-state index contributed by atoms with van der Waals surface area (Å²) >= 11 is 0. The van der Waals surface area contributed by atoms with Gasteiger partial charge >= 0.3 is 0 Å². The van der Waals surface area contributed by atoms with Crippen molar-refractivity contribution in [1.82, 2.24) is 10.2 Å². The number of nitrogens with one attached hydrogen (secondary N) is 1. The molecule has 4 unspecified atom stereocenters. The molecule has 3 N–H and O–H groups in total. The van der Waals surface area contributed by atoms with E-state index in [0.717, 1.165) is 26.1 Å². The van der Waals surface area contributed by atoms with Gasteiger partial charge in [0, 0.05) is 19.1 Å². The number of carbonyl (C=O) groups excluding carboxylic acids is 1. The molecule has 0 aromatic carbocycles. The standard InChI is InChI=1S/C14H27N3O2/c1-4-16-14(3,13(15)18)7-10(2)17-8-11-5-6-12(9-17)19-11/h10-12,16H,4-9H2,1-3H3,(H2,15,18). The van der Waals surface area contributed by atoms with Gasteiger partial charge in [-0.05, 0) is 39.7 Å². The van der Waals surface area contributed by atoms with Crippen molar-refractivity contribution < 1.29 is 9.53 Å². The van der Waals surface area contributed by atoms with E-state index in [9.17, 15) is 4.79 Å². The number of hydrogen-bond acceptors (Lipinski definition) is 4. The summed E-state index contributed by atoms with van der Waals surface area (Å²) in [5, 5.41) is 3.23. The zero-order valence-electron chi connectivity index (χ0n) is 12.3. The normalized spacial score (nSPS) is 31.9. The zero-order valence-corrected chi connectivity index (χ0v) is 12.3. The molecule has 0 radical (unpaired) electrons. The molecule has 19 heavy (non-hydrogen) atoms. The summed E-state index contributed by atoms with van der Waals surface area (Å²) in [4.78, 5) is 14.1. The second kappa shape index (κ2) is 5.77. The molecule has 1 amide bonds. The number of morpholine rings is 1. The third-order valence-electron chi connectivity index (χ3n) is 4.51. The molecule has 0 aliphatic carbocycles. The van der Waals surface area contributed by atoms with Gasteiger partial charge < -0.3 is 15.8 Å². The molecular formula is C14H27N3O2. The molecule has 4 atom stereocenters. The minimum Gasteiger partial charge on any atom is -0.372 e. The Hall–Kier alpha value is -0.650. The number of primary amides is 1. The number of fused-ring (bicyclic) bond motifs is 2. The average molecular weight is 269 g/mol. The highest BCUT2D eigenvalue weighted by atomic mass is 16.5. The number of ether oxygens (including phenoxy) is 1. The Labute approximate surface area is 115 Å². The predicted molar refractivity (Wildman–Crippen MR) is 74.8 cm³/mol. The van der Waals surface area contributed by atoms with Gasteiger partial charge in [-0.15, -0.1) is 0 Å². The van der Waals surface area contributed by atoms with Crippen LogP contribution in [-0.4, -0.2) is 54.2 Å². The Balaban J connectivity index is 1.95. The molecule has 0 spiro atoms. The van der Waals surface area contributed by atoms with E-state index in [1.165, 1.54) is 12.8 Å². The van der Waals surface area contributed by atoms with Crippen molar-refractivity contribution in [3.8, 4) is 0 Å². The maximum atomic E-state index is 11.7. The van der Waals surface area contributed by atoms with Crippen LogP contribution in [-0.2, 0) is 9.53 Å². The van der Waals surface area contributed by atoms with E-state index < -0.39 is 5.54 Å². The molecular weight excluding hydrogens is 242 g/mol. The third kappa shape index (κ3) is 3.27. The number of likely N-dealkylation sites (N-methyl/N-ethyl adjacent to an activating group) is 1. The summed E-state index contributed by atoms with van der Waals surface area (Å²) in [5.74, 6) is -0.266. The molecule has 5 nitrogen and oxygen atoms in total. The van der Waals surface area contributed by atoms with E-state index in [-0.39, 0.29) is 5.91 Å². The fourth-order valence-electron chi connectivity index (χ4n) is 3.38. The van der Waals surface area contributed by atoms with Gasteiger partial charge in [0.1, 0.15) is 0 Å². The lowest BCUT2D eigenvalue weighted by atomic mass is 9.91. The molecule has 2 saturated heterocycles. The summed E-state index contributed by atoms with van der Waals surface area (Å²) in [6.45, 7) is 8.81. The van der Waals surface area contributed by atoms with Crippen LogP contribution in [0.2, 0.25) is 0 Å². The van der Waals surface area contributed by atoms with Gasteiger partial charge in [-0.3, -0.25) is 9.69 Å². The fraction of sp³-hybridized carbons (Fsp3) is 0.929. The summed E-state index contributed by atoms with van der Waals surface area (Å²) in [6, 6.07) is 0.337. The molecule has 0 aromatic heterocycles. The lowest BCUT2D eigenvalue weighted by molar-refractivity contribution is -0.125. The van der Waals surface area contributed by atoms with Crippen LogP contribution in [0.25, 0.3) is 0 Å². The minimum absolute atomic E-state index is 0.266. The van der Waals surface area contributed by atoms with Crippen LogP contribution in [0.5, 0.6) is 0 Å². The van der Waals surface area contributed by atoms with E-state index in [1.54, 1.807) is 0 Å². The highest BCUT2D eigenvalue weighted by Gasteiger charge is 2.39. The second-order valence-electron chi connectivity index (χ2n) is 6.19. The van der Waals surface area contributed by atoms with Gasteiger partial charge in [0.2, 0.25) is 5.91 Å². The quantitative estimate of drug-likeness (QED) is 0.736. The third-order valence-corrected chi connectivity index (χ3v) is 4.51. The molecule has 2 rings (SSSR count). The first-order chi connectivity index (χ1) is 8.94. The Bertz CT molecular complexity index is 325. The van der Waals surface area contributed by atoms with Crippen LogP contribution >= 0.6 is 0 Å². The second-order valence-corrected chi connectivity index (χ2v) is 6.19. The number of rotatable bonds is 6. The Morgan fingerprint density at radius 1 is 1.47 bits per heavy atom. The summed E-state index contributed by atoms with van der Waals surface area (Å²) in [5.41, 5.74) is 4.94. The van der Waals surface area contributed by atoms with Crippen molar-refractivity contribution in [2.24, 2.45) is 5.73 Å². The minimum atomic E-state index is -0.620. The number of nitrogens with two attached hydrogens (primary N) is 1. The van der Waals surface area contributed by atoms with Gasteiger partial charge in [0.25, 0.3) is 0 Å². The summed E-state index contributed by atoms with van der Waals surface area (Å²) < 4.78 is 5.85. The van der Waals surface area contributed by atoms with Gasteiger partial charge in [-0.25, -0.2) is 0 Å². The molecule has 110 valence electrons. The van der Waals surface area contributed by atoms with Crippen molar-refractivity contribution >= 4 is 5.91 Å². The van der Waals surface area contributed by atoms with Crippen LogP contribution in [0, 0.1) is 0 Å². The number of amides is 1. The lowest BCUT2D eigenvalue weighted by Gasteiger charge is -2.39. The van der Waals surface area contributed by atoms with E-state index in [1.807, 2.05) is 13.8 Å². The fourth-order valence-corrected chi connectivity index (χ4v) is 3.38. The van der Waals surface area contributed by atoms with Gasteiger partial charge in [0.15, 0.2) is 0 Å². The van der Waals surface area contributed by atoms with E-state index in [0.29, 0.717) is 18.2 Å². The molecule has 2 fully saturated rings. The van der Waals surface area contributed by atoms with Crippen molar-refractivity contribution in [3.63, 3.8) is 0 Å². The van der Waals surface area contributed by atoms with Crippen LogP contribution < -0.4 is 11.1 Å². The first kappa shape index (κ1) is 14.8. The average Bonchev–Trinajstić information content (AvgIpc) is 2.68.